The summed E-state index contributed by atoms with van der Waals surface area (Å²) < 4.78 is 37.5. The first-order chi connectivity index (χ1) is 16.8. The van der Waals surface area contributed by atoms with E-state index in [0.717, 1.165) is 30.5 Å². The summed E-state index contributed by atoms with van der Waals surface area (Å²) in [5.41, 5.74) is 0.891. The number of nitrogens with one attached hydrogen (secondary N) is 2. The van der Waals surface area contributed by atoms with Crippen molar-refractivity contribution in [2.45, 2.75) is 43.2 Å². The quantitative estimate of drug-likeness (QED) is 0.567. The first-order valence-corrected chi connectivity index (χ1v) is 11.9. The Labute approximate surface area is 207 Å². The van der Waals surface area contributed by atoms with E-state index in [1.165, 1.54) is 6.07 Å². The van der Waals surface area contributed by atoms with Gasteiger partial charge in [-0.3, -0.25) is 4.79 Å². The second-order valence-corrected chi connectivity index (χ2v) is 9.18. The van der Waals surface area contributed by atoms with Crippen molar-refractivity contribution < 1.29 is 27.8 Å². The molecule has 1 aliphatic carbocycles. The van der Waals surface area contributed by atoms with E-state index in [9.17, 15) is 18.4 Å². The van der Waals surface area contributed by atoms with Crippen LogP contribution in [0.15, 0.2) is 36.4 Å². The zero-order valence-corrected chi connectivity index (χ0v) is 20.3. The van der Waals surface area contributed by atoms with Crippen LogP contribution in [0.2, 0.25) is 0 Å². The van der Waals surface area contributed by atoms with Gasteiger partial charge in [-0.2, -0.15) is 0 Å². The summed E-state index contributed by atoms with van der Waals surface area (Å²) in [6, 6.07) is 8.10. The van der Waals surface area contributed by atoms with E-state index in [4.69, 9.17) is 21.1 Å². The Bertz CT molecular complexity index is 1120. The average Bonchev–Trinajstić information content (AvgIpc) is 3.25. The number of methoxy groups -OCH3 is 2. The van der Waals surface area contributed by atoms with Gasteiger partial charge in [0.25, 0.3) is 0 Å². The molecule has 3 amide bonds. The number of carbonyl (C=O) groups excluding carboxylic acids is 2. The molecule has 1 heterocycles. The van der Waals surface area contributed by atoms with E-state index in [1.54, 1.807) is 14.2 Å². The lowest BCUT2D eigenvalue weighted by atomic mass is 9.65. The molecule has 188 valence electrons. The smallest absolute Gasteiger partial charge is 0.319 e. The lowest BCUT2D eigenvalue weighted by Gasteiger charge is -2.45. The number of alkyl halides is 1. The number of hydrogen-bond acceptors (Lipinski definition) is 4. The average molecular weight is 508 g/mol. The van der Waals surface area contributed by atoms with Gasteiger partial charge in [-0.1, -0.05) is 6.07 Å². The number of rotatable bonds is 6. The lowest BCUT2D eigenvalue weighted by molar-refractivity contribution is -0.130. The molecule has 35 heavy (non-hydrogen) atoms. The van der Waals surface area contributed by atoms with E-state index >= 15 is 0 Å². The number of halogens is 3. The van der Waals surface area contributed by atoms with Crippen LogP contribution in [0, 0.1) is 11.6 Å². The van der Waals surface area contributed by atoms with Crippen LogP contribution < -0.4 is 20.1 Å². The number of amides is 3. The van der Waals surface area contributed by atoms with Crippen molar-refractivity contribution in [2.75, 3.05) is 32.0 Å². The van der Waals surface area contributed by atoms with Gasteiger partial charge < -0.3 is 25.0 Å². The topological polar surface area (TPSA) is 79.9 Å². The number of anilines is 1. The van der Waals surface area contributed by atoms with Gasteiger partial charge in [-0.05, 0) is 55.5 Å². The molecule has 2 aromatic rings. The van der Waals surface area contributed by atoms with Crippen LogP contribution in [0.1, 0.15) is 31.2 Å². The number of ether oxygens (including phenoxy) is 2. The van der Waals surface area contributed by atoms with Gasteiger partial charge in [0.2, 0.25) is 5.91 Å². The van der Waals surface area contributed by atoms with Crippen molar-refractivity contribution in [1.82, 2.24) is 10.2 Å². The fraction of sp³-hybridized carbons (Fsp3) is 0.440. The molecule has 1 saturated carbocycles. The standard InChI is InChI=1S/C25H28ClF2N3O4/c1-34-20-6-3-15(11-21(20)35-2)25-8-7-17(13-22(25)31(10-9-25)23(32)14-26)30-24(33)29-16-4-5-18(27)19(28)12-16/h3-6,11-12,17,22H,7-10,13-14H2,1-2H3,(H2,29,30,33)/t17-,22+,25-/m0/s1. The Balaban J connectivity index is 1.55. The summed E-state index contributed by atoms with van der Waals surface area (Å²) in [7, 11) is 3.17. The van der Waals surface area contributed by atoms with Crippen LogP contribution in [0.3, 0.4) is 0 Å². The summed E-state index contributed by atoms with van der Waals surface area (Å²) >= 11 is 5.91. The predicted octanol–water partition coefficient (Wildman–Crippen LogP) is 4.43. The van der Waals surface area contributed by atoms with Crippen molar-refractivity contribution in [1.29, 1.82) is 0 Å². The van der Waals surface area contributed by atoms with Crippen molar-refractivity contribution >= 4 is 29.2 Å². The van der Waals surface area contributed by atoms with Crippen molar-refractivity contribution in [3.63, 3.8) is 0 Å². The minimum atomic E-state index is -1.04. The van der Waals surface area contributed by atoms with E-state index in [1.807, 2.05) is 23.1 Å². The molecule has 0 aromatic heterocycles. The summed E-state index contributed by atoms with van der Waals surface area (Å²) in [4.78, 5) is 27.1. The molecule has 0 unspecified atom stereocenters. The SMILES string of the molecule is COc1ccc([C@@]23CC[C@H](NC(=O)Nc4ccc(F)c(F)c4)C[C@H]2N(C(=O)CCl)CC3)cc1OC. The summed E-state index contributed by atoms with van der Waals surface area (Å²) in [6.45, 7) is 0.568. The maximum absolute atomic E-state index is 13.5. The van der Waals surface area contributed by atoms with Crippen LogP contribution in [0.5, 0.6) is 11.5 Å². The molecule has 0 spiro atoms. The highest BCUT2D eigenvalue weighted by molar-refractivity contribution is 6.27. The van der Waals surface area contributed by atoms with E-state index in [2.05, 4.69) is 10.6 Å². The highest BCUT2D eigenvalue weighted by Gasteiger charge is 2.53. The Morgan fingerprint density at radius 1 is 1.09 bits per heavy atom. The van der Waals surface area contributed by atoms with Crippen LogP contribution >= 0.6 is 11.6 Å². The van der Waals surface area contributed by atoms with E-state index in [0.29, 0.717) is 30.9 Å². The normalized spacial score (nSPS) is 23.4. The molecular formula is C25H28ClF2N3O4. The van der Waals surface area contributed by atoms with Gasteiger partial charge >= 0.3 is 6.03 Å². The molecule has 10 heteroatoms. The third-order valence-corrected chi connectivity index (χ3v) is 7.39. The second kappa shape index (κ2) is 10.3. The predicted molar refractivity (Wildman–Crippen MR) is 128 cm³/mol. The van der Waals surface area contributed by atoms with Gasteiger partial charge in [0.05, 0.1) is 14.2 Å². The van der Waals surface area contributed by atoms with Crippen LogP contribution in [0.4, 0.5) is 19.3 Å². The molecule has 0 radical (unpaired) electrons. The second-order valence-electron chi connectivity index (χ2n) is 8.91. The fourth-order valence-corrected chi connectivity index (χ4v) is 5.62. The fourth-order valence-electron chi connectivity index (χ4n) is 5.46. The molecule has 2 aliphatic rings. The Morgan fingerprint density at radius 3 is 2.54 bits per heavy atom. The van der Waals surface area contributed by atoms with Crippen LogP contribution in [-0.2, 0) is 10.2 Å². The maximum atomic E-state index is 13.5. The first-order valence-electron chi connectivity index (χ1n) is 11.4. The minimum Gasteiger partial charge on any atom is -0.493 e. The molecule has 3 atom stereocenters. The molecule has 1 saturated heterocycles. The number of carbonyl (C=O) groups is 2. The number of likely N-dealkylation sites (tertiary alicyclic amines) is 1. The Hall–Kier alpha value is -3.07. The molecule has 7 nitrogen and oxygen atoms in total. The number of nitrogens with zero attached hydrogens (tertiary/aromatic N) is 1. The molecule has 2 N–H and O–H groups in total. The van der Waals surface area contributed by atoms with E-state index in [-0.39, 0.29) is 35.0 Å². The highest BCUT2D eigenvalue weighted by atomic mass is 35.5. The lowest BCUT2D eigenvalue weighted by Crippen LogP contribution is -2.54. The molecule has 0 bridgehead atoms. The third kappa shape index (κ3) is 4.87. The Morgan fingerprint density at radius 2 is 1.86 bits per heavy atom. The number of hydrogen-bond donors (Lipinski definition) is 2. The number of fused-ring (bicyclic) bond motifs is 1. The molecule has 1 aliphatic heterocycles. The van der Waals surface area contributed by atoms with Crippen molar-refractivity contribution in [2.24, 2.45) is 0 Å². The molecule has 2 fully saturated rings. The summed E-state index contributed by atoms with van der Waals surface area (Å²) in [6.07, 6.45) is 2.71. The summed E-state index contributed by atoms with van der Waals surface area (Å²) in [5.74, 6) is -1.05. The van der Waals surface area contributed by atoms with E-state index < -0.39 is 17.7 Å². The van der Waals surface area contributed by atoms with Crippen LogP contribution in [-0.4, -0.2) is 55.6 Å². The van der Waals surface area contributed by atoms with Gasteiger partial charge in [-0.25, -0.2) is 13.6 Å². The largest absolute Gasteiger partial charge is 0.493 e. The summed E-state index contributed by atoms with van der Waals surface area (Å²) in [5, 5.41) is 5.46. The van der Waals surface area contributed by atoms with Crippen molar-refractivity contribution in [3.8, 4) is 11.5 Å². The molecular weight excluding hydrogens is 480 g/mol. The van der Waals surface area contributed by atoms with Gasteiger partial charge in [0, 0.05) is 35.8 Å². The first kappa shape index (κ1) is 25.0. The Kier molecular flexibility index (Phi) is 7.35. The molecule has 2 aromatic carbocycles. The van der Waals surface area contributed by atoms with Crippen molar-refractivity contribution in [3.05, 3.63) is 53.6 Å². The molecule has 4 rings (SSSR count). The van der Waals surface area contributed by atoms with Gasteiger partial charge in [0.1, 0.15) is 5.88 Å². The van der Waals surface area contributed by atoms with Crippen LogP contribution in [0.25, 0.3) is 0 Å². The number of urea groups is 1. The monoisotopic (exact) mass is 507 g/mol. The maximum Gasteiger partial charge on any atom is 0.319 e. The van der Waals surface area contributed by atoms with Gasteiger partial charge in [0.15, 0.2) is 23.1 Å². The highest BCUT2D eigenvalue weighted by Crippen LogP contribution is 2.50. The minimum absolute atomic E-state index is 0.118. The number of benzene rings is 2. The zero-order chi connectivity index (χ0) is 25.2. The third-order valence-electron chi connectivity index (χ3n) is 7.17. The van der Waals surface area contributed by atoms with Gasteiger partial charge in [-0.15, -0.1) is 11.6 Å². The zero-order valence-electron chi connectivity index (χ0n) is 19.6.